The maximum atomic E-state index is 9.59. The van der Waals surface area contributed by atoms with Crippen LogP contribution in [0, 0.1) is 33.1 Å². The second kappa shape index (κ2) is 7.42. The molecule has 0 spiro atoms. The first kappa shape index (κ1) is 18.9. The van der Waals surface area contributed by atoms with Crippen LogP contribution >= 0.6 is 11.3 Å². The van der Waals surface area contributed by atoms with E-state index in [0.717, 1.165) is 39.8 Å². The fraction of sp³-hybridized carbons (Fsp3) is 0.273. The molecule has 27 heavy (non-hydrogen) atoms. The second-order valence-electron chi connectivity index (χ2n) is 6.56. The molecule has 2 heterocycles. The largest absolute Gasteiger partial charge is 0.508 e. The van der Waals surface area contributed by atoms with Gasteiger partial charge in [-0.15, -0.1) is 28.0 Å². The molecule has 0 fully saturated rings. The molecule has 0 amide bonds. The van der Waals surface area contributed by atoms with Crippen molar-refractivity contribution in [2.75, 3.05) is 0 Å². The summed E-state index contributed by atoms with van der Waals surface area (Å²) < 4.78 is 2.07. The third-order valence-electron chi connectivity index (χ3n) is 4.86. The average Bonchev–Trinajstić information content (AvgIpc) is 3.16. The molecular weight excluding hydrogens is 354 g/mol. The molecule has 1 atom stereocenters. The van der Waals surface area contributed by atoms with Gasteiger partial charge in [0, 0.05) is 10.4 Å². The molecular formula is C22H23N3OS. The van der Waals surface area contributed by atoms with Crippen molar-refractivity contribution >= 4 is 16.9 Å². The first-order valence-electron chi connectivity index (χ1n) is 8.86. The van der Waals surface area contributed by atoms with Crippen molar-refractivity contribution in [2.45, 2.75) is 40.0 Å². The molecule has 3 aromatic rings. The minimum absolute atomic E-state index is 0.0938. The third kappa shape index (κ3) is 3.29. The van der Waals surface area contributed by atoms with Crippen molar-refractivity contribution < 1.29 is 5.11 Å². The number of hydrogen-bond acceptors (Lipinski definition) is 4. The first-order chi connectivity index (χ1) is 12.9. The molecule has 0 saturated heterocycles. The Balaban J connectivity index is 2.22. The van der Waals surface area contributed by atoms with E-state index in [4.69, 9.17) is 6.42 Å². The molecule has 0 bridgehead atoms. The van der Waals surface area contributed by atoms with Gasteiger partial charge in [0.2, 0.25) is 0 Å². The van der Waals surface area contributed by atoms with Crippen molar-refractivity contribution in [3.05, 3.63) is 64.1 Å². The zero-order valence-electron chi connectivity index (χ0n) is 16.1. The van der Waals surface area contributed by atoms with E-state index in [-0.39, 0.29) is 11.7 Å². The van der Waals surface area contributed by atoms with Crippen LogP contribution in [0.4, 0.5) is 0 Å². The van der Waals surface area contributed by atoms with Gasteiger partial charge in [0.1, 0.15) is 16.6 Å². The average molecular weight is 378 g/mol. The second-order valence-corrected chi connectivity index (χ2v) is 7.76. The topological polar surface area (TPSA) is 50.9 Å². The van der Waals surface area contributed by atoms with Gasteiger partial charge in [-0.05, 0) is 56.0 Å². The number of nitrogens with zero attached hydrogens (tertiary/aromatic N) is 3. The van der Waals surface area contributed by atoms with Crippen molar-refractivity contribution in [2.24, 2.45) is 0 Å². The Morgan fingerprint density at radius 2 is 1.93 bits per heavy atom. The molecule has 1 N–H and O–H groups in total. The van der Waals surface area contributed by atoms with E-state index >= 15 is 0 Å². The summed E-state index contributed by atoms with van der Waals surface area (Å²) in [6, 6.07) is 7.11. The lowest BCUT2D eigenvalue weighted by molar-refractivity contribution is 0.475. The van der Waals surface area contributed by atoms with Crippen molar-refractivity contribution in [1.82, 2.24) is 14.8 Å². The van der Waals surface area contributed by atoms with Gasteiger partial charge in [-0.3, -0.25) is 4.57 Å². The summed E-state index contributed by atoms with van der Waals surface area (Å²) in [7, 11) is 0. The van der Waals surface area contributed by atoms with E-state index in [1.165, 1.54) is 10.4 Å². The Morgan fingerprint density at radius 3 is 2.52 bits per heavy atom. The molecule has 0 radical (unpaired) electrons. The molecule has 2 aromatic heterocycles. The fourth-order valence-electron chi connectivity index (χ4n) is 3.16. The van der Waals surface area contributed by atoms with E-state index in [0.29, 0.717) is 0 Å². The summed E-state index contributed by atoms with van der Waals surface area (Å²) in [5.41, 5.74) is 4.12. The summed E-state index contributed by atoms with van der Waals surface area (Å²) in [5.74, 6) is 4.57. The number of aromatic nitrogens is 3. The van der Waals surface area contributed by atoms with Gasteiger partial charge >= 0.3 is 0 Å². The molecule has 3 rings (SSSR count). The highest BCUT2D eigenvalue weighted by molar-refractivity contribution is 7.15. The van der Waals surface area contributed by atoms with Gasteiger partial charge in [0.25, 0.3) is 0 Å². The number of aryl methyl sites for hydroxylation is 2. The van der Waals surface area contributed by atoms with Crippen molar-refractivity contribution in [3.63, 3.8) is 0 Å². The minimum Gasteiger partial charge on any atom is -0.508 e. The summed E-state index contributed by atoms with van der Waals surface area (Å²) >= 11 is 1.70. The lowest BCUT2D eigenvalue weighted by Gasteiger charge is -2.15. The van der Waals surface area contributed by atoms with Crippen LogP contribution in [0.15, 0.2) is 30.8 Å². The Hall–Kier alpha value is -2.84. The number of aromatic hydroxyl groups is 1. The maximum absolute atomic E-state index is 9.59. The van der Waals surface area contributed by atoms with Crippen LogP contribution < -0.4 is 0 Å². The first-order valence-corrected chi connectivity index (χ1v) is 9.67. The zero-order valence-corrected chi connectivity index (χ0v) is 16.9. The fourth-order valence-corrected chi connectivity index (χ4v) is 4.40. The number of terminal acetylenes is 1. The maximum Gasteiger partial charge on any atom is 0.153 e. The zero-order chi connectivity index (χ0) is 19.7. The highest BCUT2D eigenvalue weighted by Crippen LogP contribution is 2.39. The quantitative estimate of drug-likeness (QED) is 0.626. The Bertz CT molecular complexity index is 1030. The molecule has 0 saturated carbocycles. The molecule has 0 aliphatic carbocycles. The van der Waals surface area contributed by atoms with Crippen LogP contribution in [-0.2, 0) is 0 Å². The molecule has 138 valence electrons. The van der Waals surface area contributed by atoms with Gasteiger partial charge in [0.15, 0.2) is 5.82 Å². The summed E-state index contributed by atoms with van der Waals surface area (Å²) in [6.45, 7) is 12.6. The highest BCUT2D eigenvalue weighted by atomic mass is 32.1. The van der Waals surface area contributed by atoms with Gasteiger partial charge in [-0.1, -0.05) is 31.6 Å². The van der Waals surface area contributed by atoms with Gasteiger partial charge in [-0.2, -0.15) is 0 Å². The lowest BCUT2D eigenvalue weighted by Crippen LogP contribution is -2.08. The van der Waals surface area contributed by atoms with Crippen LogP contribution in [0.5, 0.6) is 5.75 Å². The van der Waals surface area contributed by atoms with Crippen LogP contribution in [0.3, 0.4) is 0 Å². The van der Waals surface area contributed by atoms with Crippen LogP contribution in [0.1, 0.15) is 52.5 Å². The normalized spacial score (nSPS) is 12.0. The molecule has 0 unspecified atom stereocenters. The summed E-state index contributed by atoms with van der Waals surface area (Å²) in [5, 5.41) is 19.3. The predicted molar refractivity (Wildman–Crippen MR) is 112 cm³/mol. The number of phenols is 1. The van der Waals surface area contributed by atoms with Gasteiger partial charge in [-0.25, -0.2) is 0 Å². The minimum atomic E-state index is -0.0938. The number of hydrogen-bond donors (Lipinski definition) is 1. The number of thiophene rings is 1. The molecule has 1 aromatic carbocycles. The number of benzene rings is 1. The summed E-state index contributed by atoms with van der Waals surface area (Å²) in [4.78, 5) is 1.22. The van der Waals surface area contributed by atoms with E-state index in [1.54, 1.807) is 23.5 Å². The van der Waals surface area contributed by atoms with E-state index < -0.39 is 0 Å². The van der Waals surface area contributed by atoms with Gasteiger partial charge < -0.3 is 5.11 Å². The van der Waals surface area contributed by atoms with E-state index in [1.807, 2.05) is 19.1 Å². The monoisotopic (exact) mass is 377 g/mol. The van der Waals surface area contributed by atoms with Gasteiger partial charge in [0.05, 0.1) is 5.92 Å². The van der Waals surface area contributed by atoms with Crippen LogP contribution in [0.2, 0.25) is 0 Å². The number of rotatable bonds is 5. The lowest BCUT2D eigenvalue weighted by atomic mass is 9.97. The highest BCUT2D eigenvalue weighted by Gasteiger charge is 2.24. The Kier molecular flexibility index (Phi) is 5.20. The molecule has 4 nitrogen and oxygen atoms in total. The third-order valence-corrected chi connectivity index (χ3v) is 6.05. The molecule has 5 heteroatoms. The summed E-state index contributed by atoms with van der Waals surface area (Å²) in [6.07, 6.45) is 6.54. The van der Waals surface area contributed by atoms with Crippen molar-refractivity contribution in [1.29, 1.82) is 0 Å². The molecule has 0 aliphatic heterocycles. The number of phenolic OH excluding ortho intramolecular Hbond substituents is 1. The van der Waals surface area contributed by atoms with Crippen LogP contribution in [-0.4, -0.2) is 19.9 Å². The Morgan fingerprint density at radius 1 is 1.26 bits per heavy atom. The predicted octanol–water partition coefficient (Wildman–Crippen LogP) is 5.15. The van der Waals surface area contributed by atoms with Crippen molar-refractivity contribution in [3.8, 4) is 23.1 Å². The molecule has 0 aliphatic rings. The smallest absolute Gasteiger partial charge is 0.153 e. The SMILES string of the molecule is C#C[C@@H](CC)c1nnc(C)n1-c1sc(C)c(C)c1C(=C)c1ccc(O)cc1. The Labute approximate surface area is 164 Å². The standard InChI is InChI=1S/C22H23N3OS/c1-7-17(8-2)21-24-23-16(6)25(21)22-20(13(3)15(5)27-22)14(4)18-9-11-19(26)12-10-18/h1,9-12,17,26H,4,8H2,2-3,5-6H3/t17-/m0/s1. The van der Waals surface area contributed by atoms with E-state index in [2.05, 4.69) is 48.0 Å². The van der Waals surface area contributed by atoms with E-state index in [9.17, 15) is 5.11 Å². The van der Waals surface area contributed by atoms with Crippen LogP contribution in [0.25, 0.3) is 10.6 Å².